The highest BCUT2D eigenvalue weighted by molar-refractivity contribution is 9.08. The Hall–Kier alpha value is -1.46. The van der Waals surface area contributed by atoms with E-state index in [1.807, 2.05) is 30.5 Å². The average Bonchev–Trinajstić information content (AvgIpc) is 2.88. The van der Waals surface area contributed by atoms with E-state index in [2.05, 4.69) is 31.2 Å². The van der Waals surface area contributed by atoms with E-state index in [-0.39, 0.29) is 0 Å². The SMILES string of the molecule is Clc1ccc(-n2cc(CBr)nn2)c2ncccc12. The molecule has 90 valence electrons. The van der Waals surface area contributed by atoms with Gasteiger partial charge in [-0.05, 0) is 24.3 Å². The quantitative estimate of drug-likeness (QED) is 0.679. The predicted octanol–water partition coefficient (Wildman–Crippen LogP) is 3.36. The lowest BCUT2D eigenvalue weighted by Gasteiger charge is -2.05. The zero-order valence-electron chi connectivity index (χ0n) is 9.22. The van der Waals surface area contributed by atoms with Gasteiger partial charge in [-0.2, -0.15) is 0 Å². The second-order valence-electron chi connectivity index (χ2n) is 3.75. The third kappa shape index (κ3) is 1.89. The second kappa shape index (κ2) is 4.66. The molecule has 2 heterocycles. The summed E-state index contributed by atoms with van der Waals surface area (Å²) in [6.07, 6.45) is 3.61. The Balaban J connectivity index is 2.26. The van der Waals surface area contributed by atoms with Crippen molar-refractivity contribution in [3.63, 3.8) is 0 Å². The van der Waals surface area contributed by atoms with Gasteiger partial charge in [0.05, 0.1) is 28.1 Å². The Labute approximate surface area is 117 Å². The minimum atomic E-state index is 0.673. The smallest absolute Gasteiger partial charge is 0.0974 e. The van der Waals surface area contributed by atoms with Crippen LogP contribution in [0.2, 0.25) is 5.02 Å². The third-order valence-corrected chi connectivity index (χ3v) is 3.52. The number of halogens is 2. The van der Waals surface area contributed by atoms with Gasteiger partial charge < -0.3 is 0 Å². The zero-order valence-corrected chi connectivity index (χ0v) is 11.6. The van der Waals surface area contributed by atoms with E-state index in [0.717, 1.165) is 22.3 Å². The van der Waals surface area contributed by atoms with Gasteiger partial charge in [0.2, 0.25) is 0 Å². The topological polar surface area (TPSA) is 43.6 Å². The maximum Gasteiger partial charge on any atom is 0.0974 e. The Kier molecular flexibility index (Phi) is 3.01. The van der Waals surface area contributed by atoms with Gasteiger partial charge >= 0.3 is 0 Å². The highest BCUT2D eigenvalue weighted by atomic mass is 79.9. The first-order chi connectivity index (χ1) is 8.79. The van der Waals surface area contributed by atoms with Crippen LogP contribution in [0.1, 0.15) is 5.69 Å². The van der Waals surface area contributed by atoms with E-state index >= 15 is 0 Å². The number of alkyl halides is 1. The van der Waals surface area contributed by atoms with Gasteiger partial charge in [-0.25, -0.2) is 4.68 Å². The first kappa shape index (κ1) is 11.6. The van der Waals surface area contributed by atoms with Crippen molar-refractivity contribution in [1.29, 1.82) is 0 Å². The Morgan fingerprint density at radius 3 is 2.94 bits per heavy atom. The summed E-state index contributed by atoms with van der Waals surface area (Å²) in [6.45, 7) is 0. The van der Waals surface area contributed by atoms with Gasteiger partial charge in [-0.15, -0.1) is 5.10 Å². The molecule has 0 fully saturated rings. The van der Waals surface area contributed by atoms with Crippen molar-refractivity contribution in [2.75, 3.05) is 0 Å². The number of nitrogens with zero attached hydrogens (tertiary/aromatic N) is 4. The van der Waals surface area contributed by atoms with Gasteiger partial charge in [0, 0.05) is 16.9 Å². The molecule has 0 N–H and O–H groups in total. The summed E-state index contributed by atoms with van der Waals surface area (Å²) in [5, 5.41) is 10.4. The van der Waals surface area contributed by atoms with Crippen molar-refractivity contribution in [3.8, 4) is 5.69 Å². The van der Waals surface area contributed by atoms with E-state index in [1.165, 1.54) is 0 Å². The lowest BCUT2D eigenvalue weighted by atomic mass is 10.2. The van der Waals surface area contributed by atoms with Crippen molar-refractivity contribution >= 4 is 38.4 Å². The standard InChI is InChI=1S/C12H8BrClN4/c13-6-8-7-18(17-16-8)11-4-3-10(14)9-2-1-5-15-12(9)11/h1-5,7H,6H2. The van der Waals surface area contributed by atoms with Crippen LogP contribution in [0.4, 0.5) is 0 Å². The van der Waals surface area contributed by atoms with Crippen molar-refractivity contribution < 1.29 is 0 Å². The number of pyridine rings is 1. The number of rotatable bonds is 2. The summed E-state index contributed by atoms with van der Waals surface area (Å²) >= 11 is 9.51. The Morgan fingerprint density at radius 1 is 1.28 bits per heavy atom. The van der Waals surface area contributed by atoms with Crippen molar-refractivity contribution in [2.45, 2.75) is 5.33 Å². The molecular weight excluding hydrogens is 316 g/mol. The van der Waals surface area contributed by atoms with Crippen molar-refractivity contribution in [2.24, 2.45) is 0 Å². The number of hydrogen-bond acceptors (Lipinski definition) is 3. The van der Waals surface area contributed by atoms with Gasteiger partial charge in [-0.1, -0.05) is 32.7 Å². The number of hydrogen-bond donors (Lipinski definition) is 0. The molecule has 0 bridgehead atoms. The molecular formula is C12H8BrClN4. The fourth-order valence-electron chi connectivity index (χ4n) is 1.79. The fraction of sp³-hybridized carbons (Fsp3) is 0.0833. The summed E-state index contributed by atoms with van der Waals surface area (Å²) in [5.74, 6) is 0. The van der Waals surface area contributed by atoms with Crippen molar-refractivity contribution in [3.05, 3.63) is 47.4 Å². The van der Waals surface area contributed by atoms with E-state index in [9.17, 15) is 0 Å². The molecule has 6 heteroatoms. The van der Waals surface area contributed by atoms with E-state index < -0.39 is 0 Å². The van der Waals surface area contributed by atoms with Crippen LogP contribution in [0.25, 0.3) is 16.6 Å². The lowest BCUT2D eigenvalue weighted by Crippen LogP contribution is -1.97. The molecule has 0 amide bonds. The summed E-state index contributed by atoms with van der Waals surface area (Å²) in [6, 6.07) is 7.54. The molecule has 4 nitrogen and oxygen atoms in total. The molecule has 3 rings (SSSR count). The molecule has 0 radical (unpaired) electrons. The second-order valence-corrected chi connectivity index (χ2v) is 4.72. The predicted molar refractivity (Wildman–Crippen MR) is 74.3 cm³/mol. The normalized spacial score (nSPS) is 11.0. The summed E-state index contributed by atoms with van der Waals surface area (Å²) < 4.78 is 1.71. The molecule has 3 aromatic rings. The number of aromatic nitrogens is 4. The van der Waals surface area contributed by atoms with Crippen LogP contribution in [-0.4, -0.2) is 20.0 Å². The summed E-state index contributed by atoms with van der Waals surface area (Å²) in [5.41, 5.74) is 2.56. The Morgan fingerprint density at radius 2 is 2.17 bits per heavy atom. The average molecular weight is 324 g/mol. The monoisotopic (exact) mass is 322 g/mol. The van der Waals surface area contributed by atoms with Crippen LogP contribution < -0.4 is 0 Å². The van der Waals surface area contributed by atoms with E-state index in [0.29, 0.717) is 10.4 Å². The molecule has 0 saturated carbocycles. The maximum absolute atomic E-state index is 6.16. The zero-order chi connectivity index (χ0) is 12.5. The highest BCUT2D eigenvalue weighted by Gasteiger charge is 2.09. The van der Waals surface area contributed by atoms with Gasteiger partial charge in [0.15, 0.2) is 0 Å². The maximum atomic E-state index is 6.16. The van der Waals surface area contributed by atoms with Crippen LogP contribution in [0, 0.1) is 0 Å². The van der Waals surface area contributed by atoms with E-state index in [4.69, 9.17) is 11.6 Å². The van der Waals surface area contributed by atoms with E-state index in [1.54, 1.807) is 10.9 Å². The highest BCUT2D eigenvalue weighted by Crippen LogP contribution is 2.26. The molecule has 0 saturated heterocycles. The molecule has 18 heavy (non-hydrogen) atoms. The van der Waals surface area contributed by atoms with Crippen LogP contribution in [0.3, 0.4) is 0 Å². The van der Waals surface area contributed by atoms with Crippen LogP contribution in [-0.2, 0) is 5.33 Å². The third-order valence-electron chi connectivity index (χ3n) is 2.62. The van der Waals surface area contributed by atoms with Crippen LogP contribution in [0.5, 0.6) is 0 Å². The molecule has 2 aromatic heterocycles. The first-order valence-electron chi connectivity index (χ1n) is 5.30. The van der Waals surface area contributed by atoms with Crippen molar-refractivity contribution in [1.82, 2.24) is 20.0 Å². The molecule has 1 aromatic carbocycles. The number of fused-ring (bicyclic) bond motifs is 1. The minimum Gasteiger partial charge on any atom is -0.254 e. The molecule has 0 unspecified atom stereocenters. The molecule has 0 aliphatic rings. The summed E-state index contributed by atoms with van der Waals surface area (Å²) in [4.78, 5) is 4.37. The molecule has 0 aliphatic heterocycles. The van der Waals surface area contributed by atoms with Gasteiger partial charge in [0.25, 0.3) is 0 Å². The molecule has 0 atom stereocenters. The first-order valence-corrected chi connectivity index (χ1v) is 6.80. The fourth-order valence-corrected chi connectivity index (χ4v) is 2.26. The Bertz CT molecular complexity index is 710. The summed E-state index contributed by atoms with van der Waals surface area (Å²) in [7, 11) is 0. The van der Waals surface area contributed by atoms with Gasteiger partial charge in [-0.3, -0.25) is 4.98 Å². The largest absolute Gasteiger partial charge is 0.254 e. The molecule has 0 spiro atoms. The van der Waals surface area contributed by atoms with Crippen LogP contribution in [0.15, 0.2) is 36.7 Å². The molecule has 0 aliphatic carbocycles. The van der Waals surface area contributed by atoms with Crippen LogP contribution >= 0.6 is 27.5 Å². The minimum absolute atomic E-state index is 0.673. The lowest BCUT2D eigenvalue weighted by molar-refractivity contribution is 0.803. The van der Waals surface area contributed by atoms with Gasteiger partial charge in [0.1, 0.15) is 0 Å². The number of benzene rings is 1.